The highest BCUT2D eigenvalue weighted by molar-refractivity contribution is 6.19. The van der Waals surface area contributed by atoms with Gasteiger partial charge in [-0.25, -0.2) is 0 Å². The Hall–Kier alpha value is -7.36. The lowest BCUT2D eigenvalue weighted by molar-refractivity contribution is 0.669. The number of anilines is 3. The molecule has 3 nitrogen and oxygen atoms in total. The van der Waals surface area contributed by atoms with E-state index in [0.717, 1.165) is 39.3 Å². The van der Waals surface area contributed by atoms with Crippen molar-refractivity contribution in [1.29, 1.82) is 0 Å². The van der Waals surface area contributed by atoms with E-state index in [2.05, 4.69) is 204 Å². The Morgan fingerprint density at radius 1 is 0.382 bits per heavy atom. The summed E-state index contributed by atoms with van der Waals surface area (Å²) in [5.41, 5.74) is 13.4. The molecule has 0 unspecified atom stereocenters. The zero-order valence-corrected chi connectivity index (χ0v) is 29.9. The van der Waals surface area contributed by atoms with Gasteiger partial charge in [0.25, 0.3) is 0 Å². The van der Waals surface area contributed by atoms with Crippen LogP contribution in [0.15, 0.2) is 211 Å². The zero-order valence-electron chi connectivity index (χ0n) is 29.9. The molecule has 0 radical (unpaired) electrons. The third kappa shape index (κ3) is 5.13. The summed E-state index contributed by atoms with van der Waals surface area (Å²) in [6.07, 6.45) is 0. The fraction of sp³-hybridized carbons (Fsp3) is 0. The van der Waals surface area contributed by atoms with Crippen molar-refractivity contribution < 1.29 is 4.42 Å². The summed E-state index contributed by atoms with van der Waals surface area (Å²) >= 11 is 0. The van der Waals surface area contributed by atoms with Crippen molar-refractivity contribution in [2.45, 2.75) is 0 Å². The fourth-order valence-corrected chi connectivity index (χ4v) is 8.45. The molecule has 0 saturated heterocycles. The number of benzene rings is 9. The van der Waals surface area contributed by atoms with Crippen molar-refractivity contribution in [3.8, 4) is 27.9 Å². The number of hydrogen-bond donors (Lipinski definition) is 0. The highest BCUT2D eigenvalue weighted by Gasteiger charge is 2.20. The zero-order chi connectivity index (χ0) is 36.3. The number of aromatic nitrogens is 1. The predicted molar refractivity (Wildman–Crippen MR) is 231 cm³/mol. The summed E-state index contributed by atoms with van der Waals surface area (Å²) in [6.45, 7) is 0. The first-order chi connectivity index (χ1) is 27.3. The molecule has 0 saturated carbocycles. The molecular weight excluding hydrogens is 669 g/mol. The average Bonchev–Trinajstić information content (AvgIpc) is 3.81. The Morgan fingerprint density at radius 2 is 1.05 bits per heavy atom. The van der Waals surface area contributed by atoms with E-state index in [-0.39, 0.29) is 0 Å². The van der Waals surface area contributed by atoms with Crippen molar-refractivity contribution in [1.82, 2.24) is 4.57 Å². The molecule has 2 heterocycles. The van der Waals surface area contributed by atoms with Gasteiger partial charge in [-0.05, 0) is 100 Å². The van der Waals surface area contributed by atoms with Gasteiger partial charge in [-0.3, -0.25) is 0 Å². The van der Waals surface area contributed by atoms with E-state index in [1.807, 2.05) is 12.1 Å². The Morgan fingerprint density at radius 3 is 1.91 bits per heavy atom. The van der Waals surface area contributed by atoms with Crippen LogP contribution in [0.1, 0.15) is 0 Å². The van der Waals surface area contributed by atoms with Crippen LogP contribution in [0.2, 0.25) is 0 Å². The standard InChI is InChI=1S/C52H34N2O/c1-3-13-36(14-4-1)42-17-7-10-20-47(42)53(41-29-31-49-46(34-41)44-18-8-11-21-48(44)54(49)39-15-5-2-6-16-39)40-27-23-35(24-28-40)37-25-30-43-38(33-37)26-32-51-52(43)45-19-9-12-22-50(45)55-51/h1-34H. The maximum Gasteiger partial charge on any atom is 0.136 e. The molecule has 55 heavy (non-hydrogen) atoms. The molecule has 0 amide bonds. The van der Waals surface area contributed by atoms with Gasteiger partial charge in [0.15, 0.2) is 0 Å². The minimum absolute atomic E-state index is 0.921. The number of fused-ring (bicyclic) bond motifs is 8. The molecule has 2 aromatic heterocycles. The second-order valence-electron chi connectivity index (χ2n) is 14.1. The van der Waals surface area contributed by atoms with Crippen molar-refractivity contribution in [2.75, 3.05) is 4.90 Å². The molecule has 0 fully saturated rings. The Kier molecular flexibility index (Phi) is 7.17. The monoisotopic (exact) mass is 702 g/mol. The Labute approximate surface area is 318 Å². The van der Waals surface area contributed by atoms with E-state index in [1.165, 1.54) is 60.2 Å². The maximum atomic E-state index is 6.18. The van der Waals surface area contributed by atoms with E-state index in [4.69, 9.17) is 4.42 Å². The topological polar surface area (TPSA) is 21.3 Å². The van der Waals surface area contributed by atoms with Crippen LogP contribution in [0.3, 0.4) is 0 Å². The SMILES string of the molecule is c1ccc(-c2ccccc2N(c2ccc(-c3ccc4c(ccc5oc6ccccc6c54)c3)cc2)c2ccc3c(c2)c2ccccc2n3-c2ccccc2)cc1. The predicted octanol–water partition coefficient (Wildman–Crippen LogP) is 14.6. The van der Waals surface area contributed by atoms with Gasteiger partial charge < -0.3 is 13.9 Å². The molecule has 0 atom stereocenters. The van der Waals surface area contributed by atoms with Gasteiger partial charge in [-0.2, -0.15) is 0 Å². The van der Waals surface area contributed by atoms with Crippen LogP contribution >= 0.6 is 0 Å². The summed E-state index contributed by atoms with van der Waals surface area (Å²) in [7, 11) is 0. The van der Waals surface area contributed by atoms with E-state index >= 15 is 0 Å². The Bertz CT molecular complexity index is 3190. The minimum Gasteiger partial charge on any atom is -0.456 e. The van der Waals surface area contributed by atoms with Gasteiger partial charge in [-0.15, -0.1) is 0 Å². The first-order valence-electron chi connectivity index (χ1n) is 18.8. The molecule has 11 rings (SSSR count). The normalized spacial score (nSPS) is 11.6. The van der Waals surface area contributed by atoms with Crippen LogP contribution in [0.4, 0.5) is 17.1 Å². The molecule has 0 aliphatic carbocycles. The summed E-state index contributed by atoms with van der Waals surface area (Å²) in [4.78, 5) is 2.40. The number of para-hydroxylation sites is 4. The van der Waals surface area contributed by atoms with Crippen LogP contribution in [-0.4, -0.2) is 4.57 Å². The second-order valence-corrected chi connectivity index (χ2v) is 14.1. The van der Waals surface area contributed by atoms with Crippen LogP contribution in [-0.2, 0) is 0 Å². The van der Waals surface area contributed by atoms with Gasteiger partial charge in [0.1, 0.15) is 11.2 Å². The highest BCUT2D eigenvalue weighted by Crippen LogP contribution is 2.44. The molecular formula is C52H34N2O. The van der Waals surface area contributed by atoms with Crippen molar-refractivity contribution in [3.05, 3.63) is 206 Å². The minimum atomic E-state index is 0.921. The van der Waals surface area contributed by atoms with Crippen molar-refractivity contribution >= 4 is 71.6 Å². The smallest absolute Gasteiger partial charge is 0.136 e. The number of rotatable bonds is 6. The van der Waals surface area contributed by atoms with Gasteiger partial charge in [-0.1, -0.05) is 133 Å². The quantitative estimate of drug-likeness (QED) is 0.172. The van der Waals surface area contributed by atoms with E-state index in [1.54, 1.807) is 0 Å². The largest absolute Gasteiger partial charge is 0.456 e. The molecule has 258 valence electrons. The van der Waals surface area contributed by atoms with Crippen molar-refractivity contribution in [2.24, 2.45) is 0 Å². The second kappa shape index (κ2) is 12.6. The van der Waals surface area contributed by atoms with Crippen LogP contribution < -0.4 is 4.90 Å². The number of nitrogens with zero attached hydrogens (tertiary/aromatic N) is 2. The lowest BCUT2D eigenvalue weighted by Crippen LogP contribution is -2.11. The lowest BCUT2D eigenvalue weighted by atomic mass is 9.98. The summed E-state index contributed by atoms with van der Waals surface area (Å²) in [5, 5.41) is 7.17. The molecule has 11 aromatic rings. The summed E-state index contributed by atoms with van der Waals surface area (Å²) in [6, 6.07) is 74.0. The van der Waals surface area contributed by atoms with Crippen LogP contribution in [0.25, 0.3) is 82.5 Å². The van der Waals surface area contributed by atoms with Gasteiger partial charge in [0.05, 0.1) is 16.7 Å². The Balaban J connectivity index is 1.06. The van der Waals surface area contributed by atoms with Crippen molar-refractivity contribution in [3.63, 3.8) is 0 Å². The van der Waals surface area contributed by atoms with Crippen LogP contribution in [0.5, 0.6) is 0 Å². The molecule has 0 N–H and O–H groups in total. The molecule has 0 aliphatic heterocycles. The first kappa shape index (κ1) is 31.2. The first-order valence-corrected chi connectivity index (χ1v) is 18.8. The summed E-state index contributed by atoms with van der Waals surface area (Å²) < 4.78 is 8.55. The van der Waals surface area contributed by atoms with Gasteiger partial charge in [0.2, 0.25) is 0 Å². The lowest BCUT2D eigenvalue weighted by Gasteiger charge is -2.28. The number of hydrogen-bond acceptors (Lipinski definition) is 2. The highest BCUT2D eigenvalue weighted by atomic mass is 16.3. The average molecular weight is 703 g/mol. The molecule has 0 bridgehead atoms. The third-order valence-electron chi connectivity index (χ3n) is 11.0. The fourth-order valence-electron chi connectivity index (χ4n) is 8.45. The summed E-state index contributed by atoms with van der Waals surface area (Å²) in [5.74, 6) is 0. The van der Waals surface area contributed by atoms with E-state index < -0.39 is 0 Å². The van der Waals surface area contributed by atoms with E-state index in [0.29, 0.717) is 0 Å². The van der Waals surface area contributed by atoms with Gasteiger partial charge >= 0.3 is 0 Å². The third-order valence-corrected chi connectivity index (χ3v) is 11.0. The molecule has 0 spiro atoms. The number of furan rings is 1. The van der Waals surface area contributed by atoms with Gasteiger partial charge in [0, 0.05) is 44.2 Å². The molecule has 9 aromatic carbocycles. The van der Waals surface area contributed by atoms with E-state index in [9.17, 15) is 0 Å². The molecule has 3 heteroatoms. The maximum absolute atomic E-state index is 6.18. The molecule has 0 aliphatic rings. The van der Waals surface area contributed by atoms with Crippen LogP contribution in [0, 0.1) is 0 Å².